The van der Waals surface area contributed by atoms with Gasteiger partial charge in [0.2, 0.25) is 0 Å². The van der Waals surface area contributed by atoms with E-state index in [1.165, 1.54) is 12.8 Å². The van der Waals surface area contributed by atoms with E-state index in [1.807, 2.05) is 0 Å². The second kappa shape index (κ2) is 6.43. The van der Waals surface area contributed by atoms with E-state index in [0.29, 0.717) is 6.42 Å². The number of nitrogens with one attached hydrogen (secondary N) is 1. The van der Waals surface area contributed by atoms with Gasteiger partial charge in [-0.2, -0.15) is 0 Å². The molecule has 0 bridgehead atoms. The molecule has 0 aromatic rings. The lowest BCUT2D eigenvalue weighted by Crippen LogP contribution is -2.57. The fourth-order valence-electron chi connectivity index (χ4n) is 3.27. The molecule has 0 radical (unpaired) electrons. The van der Waals surface area contributed by atoms with Crippen LogP contribution in [0.15, 0.2) is 0 Å². The van der Waals surface area contributed by atoms with Crippen LogP contribution in [0.1, 0.15) is 51.9 Å². The molecule has 1 aliphatic heterocycles. The Morgan fingerprint density at radius 3 is 2.40 bits per heavy atom. The zero-order valence-corrected chi connectivity index (χ0v) is 13.0. The maximum atomic E-state index is 12.3. The zero-order valence-electron chi connectivity index (χ0n) is 12.2. The van der Waals surface area contributed by atoms with E-state index in [9.17, 15) is 13.2 Å². The molecular formula is C14H25NO4S. The first-order chi connectivity index (χ1) is 9.47. The van der Waals surface area contributed by atoms with E-state index in [0.717, 1.165) is 25.7 Å². The average Bonchev–Trinajstić information content (AvgIpc) is 2.56. The summed E-state index contributed by atoms with van der Waals surface area (Å²) in [6.07, 6.45) is 7.10. The fraction of sp³-hybridized carbons (Fsp3) is 0.929. The van der Waals surface area contributed by atoms with Gasteiger partial charge < -0.3 is 4.74 Å². The van der Waals surface area contributed by atoms with Gasteiger partial charge in [0.05, 0.1) is 18.1 Å². The lowest BCUT2D eigenvalue weighted by Gasteiger charge is -2.31. The highest BCUT2D eigenvalue weighted by molar-refractivity contribution is 7.91. The molecule has 0 aromatic carbocycles. The third-order valence-corrected chi connectivity index (χ3v) is 6.07. The normalized spacial score (nSPS) is 30.9. The summed E-state index contributed by atoms with van der Waals surface area (Å²) in [6.45, 7) is 2.04. The molecule has 2 fully saturated rings. The Hall–Kier alpha value is -0.620. The Morgan fingerprint density at radius 1 is 1.25 bits per heavy atom. The lowest BCUT2D eigenvalue weighted by atomic mass is 9.95. The van der Waals surface area contributed by atoms with Crippen molar-refractivity contribution in [2.45, 2.75) is 63.5 Å². The molecule has 1 aliphatic carbocycles. The van der Waals surface area contributed by atoms with E-state index in [1.54, 1.807) is 6.92 Å². The predicted molar refractivity (Wildman–Crippen MR) is 77.3 cm³/mol. The third kappa shape index (κ3) is 3.73. The smallest absolute Gasteiger partial charge is 0.327 e. The van der Waals surface area contributed by atoms with Crippen molar-refractivity contribution in [3.05, 3.63) is 0 Å². The second-order valence-corrected chi connectivity index (χ2v) is 8.16. The van der Waals surface area contributed by atoms with E-state index in [-0.39, 0.29) is 24.2 Å². The standard InChI is InChI=1S/C14H25NO4S/c1-2-19-13(16)14(9-10-20(17,18)11-14)15-12-7-5-3-4-6-8-12/h12,15H,2-11H2,1H3. The first-order valence-electron chi connectivity index (χ1n) is 7.63. The van der Waals surface area contributed by atoms with Crippen molar-refractivity contribution < 1.29 is 17.9 Å². The maximum absolute atomic E-state index is 12.3. The topological polar surface area (TPSA) is 72.5 Å². The van der Waals surface area contributed by atoms with Gasteiger partial charge in [0.25, 0.3) is 0 Å². The summed E-state index contributed by atoms with van der Waals surface area (Å²) in [5.41, 5.74) is -1.01. The molecule has 1 N–H and O–H groups in total. The highest BCUT2D eigenvalue weighted by Crippen LogP contribution is 2.28. The van der Waals surface area contributed by atoms with Crippen LogP contribution < -0.4 is 5.32 Å². The number of sulfone groups is 1. The van der Waals surface area contributed by atoms with Gasteiger partial charge in [0.15, 0.2) is 9.84 Å². The van der Waals surface area contributed by atoms with E-state index in [2.05, 4.69) is 5.32 Å². The zero-order chi connectivity index (χ0) is 14.6. The van der Waals surface area contributed by atoms with Crippen molar-refractivity contribution in [2.75, 3.05) is 18.1 Å². The van der Waals surface area contributed by atoms with Crippen LogP contribution in [0.2, 0.25) is 0 Å². The highest BCUT2D eigenvalue weighted by Gasteiger charge is 2.50. The fourth-order valence-corrected chi connectivity index (χ4v) is 5.17. The number of hydrogen-bond acceptors (Lipinski definition) is 5. The van der Waals surface area contributed by atoms with Crippen molar-refractivity contribution in [1.82, 2.24) is 5.32 Å². The quantitative estimate of drug-likeness (QED) is 0.628. The van der Waals surface area contributed by atoms with Crippen LogP contribution in [0, 0.1) is 0 Å². The van der Waals surface area contributed by atoms with Gasteiger partial charge in [-0.15, -0.1) is 0 Å². The molecule has 1 saturated heterocycles. The Morgan fingerprint density at radius 2 is 1.90 bits per heavy atom. The molecule has 0 spiro atoms. The number of hydrogen-bond donors (Lipinski definition) is 1. The van der Waals surface area contributed by atoms with Gasteiger partial charge in [-0.1, -0.05) is 25.7 Å². The van der Waals surface area contributed by atoms with E-state index < -0.39 is 21.3 Å². The summed E-state index contributed by atoms with van der Waals surface area (Å²) >= 11 is 0. The van der Waals surface area contributed by atoms with Crippen molar-refractivity contribution >= 4 is 15.8 Å². The third-order valence-electron chi connectivity index (χ3n) is 4.31. The molecule has 1 saturated carbocycles. The van der Waals surface area contributed by atoms with Gasteiger partial charge in [0.1, 0.15) is 5.54 Å². The average molecular weight is 303 g/mol. The van der Waals surface area contributed by atoms with Gasteiger partial charge in [0, 0.05) is 6.04 Å². The number of carbonyl (C=O) groups excluding carboxylic acids is 1. The number of esters is 1. The molecule has 0 aromatic heterocycles. The Balaban J connectivity index is 2.12. The van der Waals surface area contributed by atoms with Crippen LogP contribution in [-0.2, 0) is 19.4 Å². The number of carbonyl (C=O) groups is 1. The Labute approximate surface area is 121 Å². The second-order valence-electron chi connectivity index (χ2n) is 5.98. The molecule has 20 heavy (non-hydrogen) atoms. The maximum Gasteiger partial charge on any atom is 0.327 e. The Kier molecular flexibility index (Phi) is 5.07. The van der Waals surface area contributed by atoms with Gasteiger partial charge in [-0.25, -0.2) is 8.42 Å². The highest BCUT2D eigenvalue weighted by atomic mass is 32.2. The molecule has 1 heterocycles. The lowest BCUT2D eigenvalue weighted by molar-refractivity contribution is -0.150. The van der Waals surface area contributed by atoms with E-state index >= 15 is 0 Å². The molecular weight excluding hydrogens is 278 g/mol. The van der Waals surface area contributed by atoms with Crippen LogP contribution >= 0.6 is 0 Å². The van der Waals surface area contributed by atoms with Crippen molar-refractivity contribution in [3.63, 3.8) is 0 Å². The summed E-state index contributed by atoms with van der Waals surface area (Å²) in [6, 6.07) is 0.232. The minimum atomic E-state index is -3.14. The van der Waals surface area contributed by atoms with Crippen LogP contribution in [0.3, 0.4) is 0 Å². The first kappa shape index (κ1) is 15.8. The van der Waals surface area contributed by atoms with Crippen LogP contribution in [-0.4, -0.2) is 44.1 Å². The van der Waals surface area contributed by atoms with Crippen LogP contribution in [0.5, 0.6) is 0 Å². The predicted octanol–water partition coefficient (Wildman–Crippen LogP) is 1.42. The summed E-state index contributed by atoms with van der Waals surface area (Å²) in [4.78, 5) is 12.3. The van der Waals surface area contributed by atoms with E-state index in [4.69, 9.17) is 4.74 Å². The van der Waals surface area contributed by atoms with Gasteiger partial charge in [-0.3, -0.25) is 10.1 Å². The molecule has 5 nitrogen and oxygen atoms in total. The van der Waals surface area contributed by atoms with Crippen LogP contribution in [0.25, 0.3) is 0 Å². The molecule has 1 unspecified atom stereocenters. The summed E-state index contributed by atoms with van der Waals surface area (Å²) in [5, 5.41) is 3.36. The largest absolute Gasteiger partial charge is 0.465 e. The van der Waals surface area contributed by atoms with Gasteiger partial charge in [-0.05, 0) is 26.2 Å². The molecule has 1 atom stereocenters. The molecule has 2 rings (SSSR count). The minimum absolute atomic E-state index is 0.0749. The first-order valence-corrected chi connectivity index (χ1v) is 9.45. The molecule has 0 amide bonds. The number of ether oxygens (including phenoxy) is 1. The monoisotopic (exact) mass is 303 g/mol. The molecule has 116 valence electrons. The van der Waals surface area contributed by atoms with Crippen molar-refractivity contribution in [1.29, 1.82) is 0 Å². The Bertz CT molecular complexity index is 440. The van der Waals surface area contributed by atoms with Crippen molar-refractivity contribution in [3.8, 4) is 0 Å². The summed E-state index contributed by atoms with van der Waals surface area (Å²) in [7, 11) is -3.14. The summed E-state index contributed by atoms with van der Waals surface area (Å²) in [5.74, 6) is -0.439. The SMILES string of the molecule is CCOC(=O)C1(NC2CCCCCC2)CCS(=O)(=O)C1. The van der Waals surface area contributed by atoms with Crippen LogP contribution in [0.4, 0.5) is 0 Å². The molecule has 2 aliphatic rings. The van der Waals surface area contributed by atoms with Crippen molar-refractivity contribution in [2.24, 2.45) is 0 Å². The number of rotatable bonds is 4. The minimum Gasteiger partial charge on any atom is -0.465 e. The molecule has 6 heteroatoms. The summed E-state index contributed by atoms with van der Waals surface area (Å²) < 4.78 is 28.8. The van der Waals surface area contributed by atoms with Gasteiger partial charge >= 0.3 is 5.97 Å².